The van der Waals surface area contributed by atoms with Gasteiger partial charge in [0.05, 0.1) is 9.74 Å². The lowest BCUT2D eigenvalue weighted by Crippen LogP contribution is -2.07. The minimum atomic E-state index is 0.655. The van der Waals surface area contributed by atoms with Gasteiger partial charge in [-0.05, 0) is 18.2 Å². The van der Waals surface area contributed by atoms with Crippen LogP contribution in [-0.2, 0) is 0 Å². The van der Waals surface area contributed by atoms with Crippen molar-refractivity contribution in [3.05, 3.63) is 41.0 Å². The molecule has 1 aromatic heterocycles. The van der Waals surface area contributed by atoms with Gasteiger partial charge in [-0.3, -0.25) is 4.79 Å². The third-order valence-corrected chi connectivity index (χ3v) is 3.15. The van der Waals surface area contributed by atoms with Crippen molar-refractivity contribution in [3.8, 4) is 5.06 Å². The van der Waals surface area contributed by atoms with Crippen LogP contribution in [0.2, 0.25) is 0 Å². The van der Waals surface area contributed by atoms with Crippen LogP contribution in [0.1, 0.15) is 16.1 Å². The van der Waals surface area contributed by atoms with Crippen LogP contribution in [0.25, 0.3) is 0 Å². The van der Waals surface area contributed by atoms with E-state index in [4.69, 9.17) is 17.0 Å². The van der Waals surface area contributed by atoms with Crippen LogP contribution in [0.4, 0.5) is 0 Å². The molecule has 0 bridgehead atoms. The second-order valence-electron chi connectivity index (χ2n) is 2.96. The molecule has 0 spiro atoms. The lowest BCUT2D eigenvalue weighted by Gasteiger charge is -2.10. The van der Waals surface area contributed by atoms with E-state index in [1.165, 1.54) is 11.3 Å². The number of hydrogen-bond donors (Lipinski definition) is 0. The van der Waals surface area contributed by atoms with E-state index in [1.807, 2.05) is 18.2 Å². The standard InChI is InChI=1S/C11H8O2S2/c12-7-8-5-6-11(15-8)13-9-3-1-2-4-10(9)14/h1-3,5-7H,4H2. The molecule has 0 N–H and O–H groups in total. The first-order valence-electron chi connectivity index (χ1n) is 4.42. The number of thiophene rings is 1. The van der Waals surface area contributed by atoms with Crippen molar-refractivity contribution in [2.75, 3.05) is 0 Å². The maximum Gasteiger partial charge on any atom is 0.181 e. The number of ether oxygens (including phenoxy) is 1. The third-order valence-electron chi connectivity index (χ3n) is 1.89. The molecule has 4 heteroatoms. The van der Waals surface area contributed by atoms with Crippen LogP contribution >= 0.6 is 23.6 Å². The lowest BCUT2D eigenvalue weighted by molar-refractivity contribution is 0.112. The molecule has 0 saturated carbocycles. The molecule has 1 aliphatic rings. The first-order chi connectivity index (χ1) is 7.29. The van der Waals surface area contributed by atoms with Crippen LogP contribution in [0, 0.1) is 0 Å². The SMILES string of the molecule is O=Cc1ccc(OC2=CC=CCC2=S)s1. The van der Waals surface area contributed by atoms with Gasteiger partial charge in [0.2, 0.25) is 0 Å². The number of carbonyl (C=O) groups excluding carboxylic acids is 1. The minimum absolute atomic E-state index is 0.655. The van der Waals surface area contributed by atoms with Gasteiger partial charge in [-0.15, -0.1) is 0 Å². The van der Waals surface area contributed by atoms with Crippen LogP contribution in [0.5, 0.6) is 5.06 Å². The predicted molar refractivity (Wildman–Crippen MR) is 64.8 cm³/mol. The number of hydrogen-bond acceptors (Lipinski definition) is 4. The molecule has 0 unspecified atom stereocenters. The molecule has 15 heavy (non-hydrogen) atoms. The van der Waals surface area contributed by atoms with E-state index >= 15 is 0 Å². The van der Waals surface area contributed by atoms with E-state index in [1.54, 1.807) is 12.1 Å². The van der Waals surface area contributed by atoms with Crippen molar-refractivity contribution in [1.82, 2.24) is 0 Å². The van der Waals surface area contributed by atoms with Crippen molar-refractivity contribution < 1.29 is 9.53 Å². The smallest absolute Gasteiger partial charge is 0.181 e. The summed E-state index contributed by atoms with van der Waals surface area (Å²) in [7, 11) is 0. The van der Waals surface area contributed by atoms with Gasteiger partial charge in [-0.2, -0.15) is 0 Å². The number of thiocarbonyl (C=S) groups is 1. The number of carbonyl (C=O) groups is 1. The Hall–Kier alpha value is -1.26. The summed E-state index contributed by atoms with van der Waals surface area (Å²) in [6.45, 7) is 0. The van der Waals surface area contributed by atoms with Gasteiger partial charge in [-0.25, -0.2) is 0 Å². The van der Waals surface area contributed by atoms with Crippen molar-refractivity contribution >= 4 is 34.7 Å². The highest BCUT2D eigenvalue weighted by atomic mass is 32.1. The third kappa shape index (κ3) is 2.40. The zero-order valence-electron chi connectivity index (χ0n) is 7.80. The molecule has 0 fully saturated rings. The lowest BCUT2D eigenvalue weighted by atomic mass is 10.2. The highest BCUT2D eigenvalue weighted by Gasteiger charge is 2.10. The highest BCUT2D eigenvalue weighted by molar-refractivity contribution is 7.80. The Morgan fingerprint density at radius 3 is 3.00 bits per heavy atom. The van der Waals surface area contributed by atoms with Gasteiger partial charge in [0.1, 0.15) is 5.76 Å². The summed E-state index contributed by atoms with van der Waals surface area (Å²) in [6, 6.07) is 3.51. The monoisotopic (exact) mass is 236 g/mol. The van der Waals surface area contributed by atoms with E-state index in [-0.39, 0.29) is 0 Å². The summed E-state index contributed by atoms with van der Waals surface area (Å²) in [5.74, 6) is 0.701. The van der Waals surface area contributed by atoms with E-state index in [0.29, 0.717) is 15.7 Å². The summed E-state index contributed by atoms with van der Waals surface area (Å²) < 4.78 is 5.58. The van der Waals surface area contributed by atoms with Crippen molar-refractivity contribution in [2.45, 2.75) is 6.42 Å². The van der Waals surface area contributed by atoms with Gasteiger partial charge in [-0.1, -0.05) is 35.7 Å². The highest BCUT2D eigenvalue weighted by Crippen LogP contribution is 2.26. The molecule has 76 valence electrons. The summed E-state index contributed by atoms with van der Waals surface area (Å²) in [5.41, 5.74) is 0. The topological polar surface area (TPSA) is 26.3 Å². The maximum absolute atomic E-state index is 10.5. The molecule has 0 atom stereocenters. The summed E-state index contributed by atoms with van der Waals surface area (Å²) in [4.78, 5) is 11.9. The average Bonchev–Trinajstić information content (AvgIpc) is 2.69. The Morgan fingerprint density at radius 1 is 1.47 bits per heavy atom. The van der Waals surface area contributed by atoms with Crippen molar-refractivity contribution in [2.24, 2.45) is 0 Å². The fourth-order valence-electron chi connectivity index (χ4n) is 1.18. The van der Waals surface area contributed by atoms with Gasteiger partial charge in [0.25, 0.3) is 0 Å². The van der Waals surface area contributed by atoms with E-state index in [9.17, 15) is 4.79 Å². The molecule has 2 nitrogen and oxygen atoms in total. The van der Waals surface area contributed by atoms with Crippen LogP contribution in [-0.4, -0.2) is 11.2 Å². The van der Waals surface area contributed by atoms with Gasteiger partial charge in [0.15, 0.2) is 11.3 Å². The molecule has 0 saturated heterocycles. The van der Waals surface area contributed by atoms with Gasteiger partial charge >= 0.3 is 0 Å². The normalized spacial score (nSPS) is 14.9. The van der Waals surface area contributed by atoms with Crippen LogP contribution < -0.4 is 4.74 Å². The van der Waals surface area contributed by atoms with E-state index in [0.717, 1.165) is 17.6 Å². The summed E-state index contributed by atoms with van der Waals surface area (Å²) in [5, 5.41) is 0.695. The number of rotatable bonds is 3. The molecule has 1 heterocycles. The minimum Gasteiger partial charge on any atom is -0.445 e. The quantitative estimate of drug-likeness (QED) is 0.595. The second-order valence-corrected chi connectivity index (χ2v) is 4.53. The predicted octanol–water partition coefficient (Wildman–Crippen LogP) is 3.15. The molecular weight excluding hydrogens is 228 g/mol. The number of allylic oxidation sites excluding steroid dienone is 4. The van der Waals surface area contributed by atoms with Crippen molar-refractivity contribution in [1.29, 1.82) is 0 Å². The zero-order valence-corrected chi connectivity index (χ0v) is 9.44. The summed E-state index contributed by atoms with van der Waals surface area (Å²) in [6.07, 6.45) is 7.30. The average molecular weight is 236 g/mol. The molecule has 0 amide bonds. The zero-order chi connectivity index (χ0) is 10.7. The molecule has 0 aromatic carbocycles. The van der Waals surface area contributed by atoms with E-state index in [2.05, 4.69) is 0 Å². The van der Waals surface area contributed by atoms with Crippen molar-refractivity contribution in [3.63, 3.8) is 0 Å². The molecule has 1 aliphatic carbocycles. The summed E-state index contributed by atoms with van der Waals surface area (Å²) >= 11 is 6.47. The second kappa shape index (κ2) is 4.51. The van der Waals surface area contributed by atoms with Gasteiger partial charge < -0.3 is 4.74 Å². The Morgan fingerprint density at radius 2 is 2.33 bits per heavy atom. The largest absolute Gasteiger partial charge is 0.445 e. The van der Waals surface area contributed by atoms with Gasteiger partial charge in [0, 0.05) is 6.42 Å². The first kappa shape index (κ1) is 10.3. The molecule has 0 radical (unpaired) electrons. The van der Waals surface area contributed by atoms with E-state index < -0.39 is 0 Å². The Labute approximate surface area is 96.9 Å². The Bertz CT molecular complexity index is 455. The fraction of sp³-hybridized carbons (Fsp3) is 0.0909. The first-order valence-corrected chi connectivity index (χ1v) is 5.65. The Kier molecular flexibility index (Phi) is 3.08. The molecular formula is C11H8O2S2. The number of aldehydes is 1. The van der Waals surface area contributed by atoms with Crippen LogP contribution in [0.3, 0.4) is 0 Å². The Balaban J connectivity index is 2.14. The maximum atomic E-state index is 10.5. The van der Waals surface area contributed by atoms with Crippen LogP contribution in [0.15, 0.2) is 36.1 Å². The fourth-order valence-corrected chi connectivity index (χ4v) is 2.07. The molecule has 1 aromatic rings. The molecule has 2 rings (SSSR count). The molecule has 0 aliphatic heterocycles.